The smallest absolute Gasteiger partial charge is 0.131 e. The number of rotatable bonds is 1. The quantitative estimate of drug-likeness (QED) is 0.726. The molecule has 1 aliphatic heterocycles. The summed E-state index contributed by atoms with van der Waals surface area (Å²) in [4.78, 5) is 10.7. The lowest BCUT2D eigenvalue weighted by atomic mass is 10.2. The molecule has 0 radical (unpaired) electrons. The van der Waals surface area contributed by atoms with Crippen LogP contribution in [0.4, 0.5) is 5.69 Å². The molecule has 0 unspecified atom stereocenters. The van der Waals surface area contributed by atoms with Crippen molar-refractivity contribution in [2.45, 2.75) is 0 Å². The number of ether oxygens (including phenoxy) is 1. The van der Waals surface area contributed by atoms with Crippen LogP contribution in [0.25, 0.3) is 10.9 Å². The highest BCUT2D eigenvalue weighted by molar-refractivity contribution is 6.30. The summed E-state index contributed by atoms with van der Waals surface area (Å²) in [6.07, 6.45) is 3.57. The second-order valence-corrected chi connectivity index (χ2v) is 4.34. The molecule has 0 aliphatic carbocycles. The van der Waals surface area contributed by atoms with Crippen LogP contribution in [0.5, 0.6) is 0 Å². The van der Waals surface area contributed by atoms with Crippen LogP contribution >= 0.6 is 11.6 Å². The van der Waals surface area contributed by atoms with Crippen LogP contribution in [-0.2, 0) is 4.74 Å². The highest BCUT2D eigenvalue weighted by Crippen LogP contribution is 2.28. The van der Waals surface area contributed by atoms with Gasteiger partial charge in [-0.15, -0.1) is 0 Å². The van der Waals surface area contributed by atoms with E-state index in [0.29, 0.717) is 5.15 Å². The van der Waals surface area contributed by atoms with Crippen LogP contribution in [0, 0.1) is 0 Å². The monoisotopic (exact) mass is 249 g/mol. The molecule has 88 valence electrons. The van der Waals surface area contributed by atoms with E-state index in [1.807, 2.05) is 18.3 Å². The number of fused-ring (bicyclic) bond motifs is 1. The third-order valence-corrected chi connectivity index (χ3v) is 3.10. The highest BCUT2D eigenvalue weighted by atomic mass is 35.5. The minimum absolute atomic E-state index is 0.519. The van der Waals surface area contributed by atoms with Gasteiger partial charge in [-0.1, -0.05) is 11.6 Å². The molecular formula is C12H12ClN3O. The summed E-state index contributed by atoms with van der Waals surface area (Å²) in [5, 5.41) is 1.56. The van der Waals surface area contributed by atoms with Crippen molar-refractivity contribution in [2.24, 2.45) is 0 Å². The third kappa shape index (κ3) is 2.06. The standard InChI is InChI=1S/C12H12ClN3O/c13-12-7-11(16-3-5-17-6-4-16)9-8-14-2-1-10(9)15-12/h1-2,7-8H,3-6H2. The molecule has 0 saturated carbocycles. The fraction of sp³-hybridized carbons (Fsp3) is 0.333. The zero-order valence-electron chi connectivity index (χ0n) is 9.27. The number of morpholine rings is 1. The van der Waals surface area contributed by atoms with Crippen molar-refractivity contribution in [3.05, 3.63) is 29.7 Å². The average Bonchev–Trinajstić information content (AvgIpc) is 2.39. The van der Waals surface area contributed by atoms with E-state index >= 15 is 0 Å². The van der Waals surface area contributed by atoms with Crippen LogP contribution in [-0.4, -0.2) is 36.3 Å². The number of anilines is 1. The Kier molecular flexibility index (Phi) is 2.82. The average molecular weight is 250 g/mol. The first-order valence-corrected chi connectivity index (χ1v) is 5.95. The molecule has 17 heavy (non-hydrogen) atoms. The van der Waals surface area contributed by atoms with Crippen molar-refractivity contribution >= 4 is 28.2 Å². The molecule has 4 nitrogen and oxygen atoms in total. The molecule has 0 atom stereocenters. The van der Waals surface area contributed by atoms with Gasteiger partial charge in [0, 0.05) is 30.9 Å². The van der Waals surface area contributed by atoms with Crippen molar-refractivity contribution in [3.63, 3.8) is 0 Å². The third-order valence-electron chi connectivity index (χ3n) is 2.91. The highest BCUT2D eigenvalue weighted by Gasteiger charge is 2.15. The minimum Gasteiger partial charge on any atom is -0.378 e. The Morgan fingerprint density at radius 2 is 2.12 bits per heavy atom. The fourth-order valence-electron chi connectivity index (χ4n) is 2.09. The number of nitrogens with zero attached hydrogens (tertiary/aromatic N) is 3. The second kappa shape index (κ2) is 4.47. The van der Waals surface area contributed by atoms with Gasteiger partial charge < -0.3 is 9.64 Å². The summed E-state index contributed by atoms with van der Waals surface area (Å²) in [6.45, 7) is 3.26. The molecule has 2 aromatic rings. The minimum atomic E-state index is 0.519. The first kappa shape index (κ1) is 10.7. The maximum Gasteiger partial charge on any atom is 0.131 e. The lowest BCUT2D eigenvalue weighted by Gasteiger charge is -2.29. The van der Waals surface area contributed by atoms with Crippen LogP contribution in [0.15, 0.2) is 24.5 Å². The summed E-state index contributed by atoms with van der Waals surface area (Å²) in [5.74, 6) is 0. The maximum atomic E-state index is 6.05. The van der Waals surface area contributed by atoms with Crippen molar-refractivity contribution in [1.82, 2.24) is 9.97 Å². The molecule has 0 N–H and O–H groups in total. The second-order valence-electron chi connectivity index (χ2n) is 3.96. The summed E-state index contributed by atoms with van der Waals surface area (Å²) in [6, 6.07) is 3.78. The Morgan fingerprint density at radius 3 is 2.94 bits per heavy atom. The lowest BCUT2D eigenvalue weighted by molar-refractivity contribution is 0.123. The van der Waals surface area contributed by atoms with Gasteiger partial charge in [0.15, 0.2) is 0 Å². The van der Waals surface area contributed by atoms with E-state index in [2.05, 4.69) is 14.9 Å². The van der Waals surface area contributed by atoms with Gasteiger partial charge in [-0.05, 0) is 12.1 Å². The van der Waals surface area contributed by atoms with Gasteiger partial charge in [0.05, 0.1) is 24.4 Å². The van der Waals surface area contributed by atoms with Crippen molar-refractivity contribution in [3.8, 4) is 0 Å². The van der Waals surface area contributed by atoms with Gasteiger partial charge in [-0.25, -0.2) is 4.98 Å². The molecule has 0 amide bonds. The van der Waals surface area contributed by atoms with E-state index in [1.165, 1.54) is 0 Å². The number of hydrogen-bond acceptors (Lipinski definition) is 4. The summed E-state index contributed by atoms with van der Waals surface area (Å²) >= 11 is 6.05. The first-order chi connectivity index (χ1) is 8.34. The molecule has 1 aliphatic rings. The zero-order chi connectivity index (χ0) is 11.7. The Balaban J connectivity index is 2.13. The number of halogens is 1. The Bertz CT molecular complexity index is 540. The van der Waals surface area contributed by atoms with E-state index < -0.39 is 0 Å². The van der Waals surface area contributed by atoms with Gasteiger partial charge in [-0.3, -0.25) is 4.98 Å². The fourth-order valence-corrected chi connectivity index (χ4v) is 2.28. The van der Waals surface area contributed by atoms with Gasteiger partial charge in [0.1, 0.15) is 5.15 Å². The molecule has 3 heterocycles. The van der Waals surface area contributed by atoms with Crippen LogP contribution in [0.1, 0.15) is 0 Å². The normalized spacial score (nSPS) is 16.4. The Morgan fingerprint density at radius 1 is 1.29 bits per heavy atom. The largest absolute Gasteiger partial charge is 0.378 e. The molecule has 0 aromatic carbocycles. The summed E-state index contributed by atoms with van der Waals surface area (Å²) in [5.41, 5.74) is 1.98. The first-order valence-electron chi connectivity index (χ1n) is 5.57. The summed E-state index contributed by atoms with van der Waals surface area (Å²) < 4.78 is 5.36. The van der Waals surface area contributed by atoms with E-state index in [1.54, 1.807) is 6.20 Å². The zero-order valence-corrected chi connectivity index (χ0v) is 10.0. The topological polar surface area (TPSA) is 38.2 Å². The molecule has 2 aromatic heterocycles. The molecule has 3 rings (SSSR count). The van der Waals surface area contributed by atoms with Crippen molar-refractivity contribution < 1.29 is 4.74 Å². The Labute approximate surface area is 104 Å². The van der Waals surface area contributed by atoms with Gasteiger partial charge >= 0.3 is 0 Å². The molecular weight excluding hydrogens is 238 g/mol. The van der Waals surface area contributed by atoms with Crippen LogP contribution in [0.2, 0.25) is 5.15 Å². The predicted octanol–water partition coefficient (Wildman–Crippen LogP) is 2.12. The predicted molar refractivity (Wildman–Crippen MR) is 67.6 cm³/mol. The summed E-state index contributed by atoms with van der Waals surface area (Å²) in [7, 11) is 0. The number of aromatic nitrogens is 2. The van der Waals surface area contributed by atoms with Crippen molar-refractivity contribution in [2.75, 3.05) is 31.2 Å². The molecule has 0 spiro atoms. The van der Waals surface area contributed by atoms with E-state index in [-0.39, 0.29) is 0 Å². The molecule has 1 saturated heterocycles. The molecule has 5 heteroatoms. The SMILES string of the molecule is Clc1cc(N2CCOCC2)c2cnccc2n1. The van der Waals surface area contributed by atoms with Crippen LogP contribution < -0.4 is 4.90 Å². The van der Waals surface area contributed by atoms with E-state index in [0.717, 1.165) is 42.9 Å². The van der Waals surface area contributed by atoms with Crippen LogP contribution in [0.3, 0.4) is 0 Å². The lowest BCUT2D eigenvalue weighted by Crippen LogP contribution is -2.36. The maximum absolute atomic E-state index is 6.05. The number of hydrogen-bond donors (Lipinski definition) is 0. The number of pyridine rings is 2. The Hall–Kier alpha value is -1.39. The van der Waals surface area contributed by atoms with Crippen molar-refractivity contribution in [1.29, 1.82) is 0 Å². The van der Waals surface area contributed by atoms with Gasteiger partial charge in [0.2, 0.25) is 0 Å². The van der Waals surface area contributed by atoms with E-state index in [4.69, 9.17) is 16.3 Å². The molecule has 1 fully saturated rings. The van der Waals surface area contributed by atoms with Gasteiger partial charge in [-0.2, -0.15) is 0 Å². The molecule has 0 bridgehead atoms. The van der Waals surface area contributed by atoms with Gasteiger partial charge in [0.25, 0.3) is 0 Å². The van der Waals surface area contributed by atoms with E-state index in [9.17, 15) is 0 Å².